The van der Waals surface area contributed by atoms with Gasteiger partial charge in [0.2, 0.25) is 0 Å². The molecule has 1 aliphatic carbocycles. The van der Waals surface area contributed by atoms with E-state index in [1.165, 1.54) is 19.2 Å². The van der Waals surface area contributed by atoms with Crippen molar-refractivity contribution >= 4 is 28.9 Å². The summed E-state index contributed by atoms with van der Waals surface area (Å²) in [6.07, 6.45) is -1.23. The first-order valence-electron chi connectivity index (χ1n) is 9.10. The molecule has 2 aromatic rings. The lowest BCUT2D eigenvalue weighted by Gasteiger charge is -2.27. The lowest BCUT2D eigenvalue weighted by Crippen LogP contribution is -2.26. The molecule has 29 heavy (non-hydrogen) atoms. The van der Waals surface area contributed by atoms with Crippen LogP contribution in [0, 0.1) is 5.92 Å². The van der Waals surface area contributed by atoms with Gasteiger partial charge in [-0.25, -0.2) is 4.79 Å². The molecule has 0 aliphatic heterocycles. The molecule has 1 fully saturated rings. The molecule has 0 radical (unpaired) electrons. The number of nitrogens with one attached hydrogen (secondary N) is 1. The van der Waals surface area contributed by atoms with Crippen molar-refractivity contribution < 1.29 is 27.4 Å². The van der Waals surface area contributed by atoms with Crippen molar-refractivity contribution in [2.75, 3.05) is 12.4 Å². The highest BCUT2D eigenvalue weighted by atomic mass is 32.1. The van der Waals surface area contributed by atoms with Crippen LogP contribution in [0.1, 0.15) is 40.7 Å². The Kier molecular flexibility index (Phi) is 6.42. The topological polar surface area (TPSA) is 47.6 Å². The van der Waals surface area contributed by atoms with E-state index in [0.29, 0.717) is 22.2 Å². The average Bonchev–Trinajstić information content (AvgIpc) is 2.64. The molecule has 0 spiro atoms. The zero-order valence-electron chi connectivity index (χ0n) is 15.7. The molecule has 8 heteroatoms. The summed E-state index contributed by atoms with van der Waals surface area (Å²) in [6.45, 7) is -0.0168. The van der Waals surface area contributed by atoms with Gasteiger partial charge in [0.1, 0.15) is 12.2 Å². The maximum Gasteiger partial charge on any atom is 0.416 e. The largest absolute Gasteiger partial charge is 0.486 e. The van der Waals surface area contributed by atoms with E-state index in [2.05, 4.69) is 5.32 Å². The van der Waals surface area contributed by atoms with Crippen LogP contribution in [0.2, 0.25) is 0 Å². The maximum absolute atomic E-state index is 12.7. The highest BCUT2D eigenvalue weighted by Crippen LogP contribution is 2.34. The Balaban J connectivity index is 1.81. The standard InChI is InChI=1S/C21H20F3NO3S/c1-27-20(26)16-6-3-7-17(25-19(29)14-4-2-5-14)18(16)28-12-13-8-10-15(11-9-13)21(22,23)24/h3,6-11,14H,2,4-5,12H2,1H3,(H,25,29). The monoisotopic (exact) mass is 423 g/mol. The Morgan fingerprint density at radius 1 is 1.17 bits per heavy atom. The minimum atomic E-state index is -4.40. The second-order valence-electron chi connectivity index (χ2n) is 6.77. The minimum Gasteiger partial charge on any atom is -0.486 e. The fraction of sp³-hybridized carbons (Fsp3) is 0.333. The summed E-state index contributed by atoms with van der Waals surface area (Å²) in [7, 11) is 1.26. The van der Waals surface area contributed by atoms with Gasteiger partial charge >= 0.3 is 12.1 Å². The van der Waals surface area contributed by atoms with Crippen LogP contribution in [-0.2, 0) is 17.5 Å². The van der Waals surface area contributed by atoms with Crippen LogP contribution in [0.5, 0.6) is 5.75 Å². The SMILES string of the molecule is COC(=O)c1cccc(NC(=S)C2CCC2)c1OCc1ccc(C(F)(F)F)cc1. The van der Waals surface area contributed by atoms with E-state index in [1.54, 1.807) is 18.2 Å². The molecule has 154 valence electrons. The summed E-state index contributed by atoms with van der Waals surface area (Å²) >= 11 is 5.44. The number of rotatable bonds is 6. The summed E-state index contributed by atoms with van der Waals surface area (Å²) in [4.78, 5) is 12.8. The molecule has 0 amide bonds. The number of halogens is 3. The van der Waals surface area contributed by atoms with Gasteiger partial charge in [-0.2, -0.15) is 13.2 Å². The lowest BCUT2D eigenvalue weighted by atomic mass is 9.85. The quantitative estimate of drug-likeness (QED) is 0.483. The number of alkyl halides is 3. The third-order valence-electron chi connectivity index (χ3n) is 4.82. The van der Waals surface area contributed by atoms with Crippen molar-refractivity contribution in [1.82, 2.24) is 0 Å². The van der Waals surface area contributed by atoms with Crippen LogP contribution in [0.25, 0.3) is 0 Å². The van der Waals surface area contributed by atoms with Gasteiger partial charge in [0.05, 0.1) is 23.3 Å². The van der Waals surface area contributed by atoms with E-state index >= 15 is 0 Å². The van der Waals surface area contributed by atoms with Gasteiger partial charge in [0.25, 0.3) is 0 Å². The fourth-order valence-electron chi connectivity index (χ4n) is 2.91. The Morgan fingerprint density at radius 3 is 2.41 bits per heavy atom. The van der Waals surface area contributed by atoms with Crippen molar-refractivity contribution in [3.05, 3.63) is 59.2 Å². The van der Waals surface area contributed by atoms with Gasteiger partial charge in [0.15, 0.2) is 5.75 Å². The van der Waals surface area contributed by atoms with E-state index in [-0.39, 0.29) is 17.9 Å². The first-order valence-corrected chi connectivity index (χ1v) is 9.51. The summed E-state index contributed by atoms with van der Waals surface area (Å²) in [5.74, 6) is -0.0268. The Labute approximate surface area is 172 Å². The number of carbonyl (C=O) groups excluding carboxylic acids is 1. The number of ether oxygens (including phenoxy) is 2. The van der Waals surface area contributed by atoms with Crippen molar-refractivity contribution in [3.8, 4) is 5.75 Å². The highest BCUT2D eigenvalue weighted by Gasteiger charge is 2.30. The van der Waals surface area contributed by atoms with Crippen molar-refractivity contribution in [2.45, 2.75) is 32.0 Å². The molecule has 1 saturated carbocycles. The number of carbonyl (C=O) groups is 1. The van der Waals surface area contributed by atoms with E-state index in [9.17, 15) is 18.0 Å². The normalized spacial score (nSPS) is 14.1. The molecule has 1 aliphatic rings. The smallest absolute Gasteiger partial charge is 0.416 e. The van der Waals surface area contributed by atoms with Gasteiger partial charge in [-0.15, -0.1) is 0 Å². The number of esters is 1. The maximum atomic E-state index is 12.7. The van der Waals surface area contributed by atoms with Gasteiger partial charge in [0, 0.05) is 5.92 Å². The number of hydrogen-bond donors (Lipinski definition) is 1. The van der Waals surface area contributed by atoms with Gasteiger partial charge in [-0.3, -0.25) is 0 Å². The second kappa shape index (κ2) is 8.82. The van der Waals surface area contributed by atoms with Crippen LogP contribution in [0.4, 0.5) is 18.9 Å². The molecule has 1 N–H and O–H groups in total. The first-order chi connectivity index (χ1) is 13.8. The molecule has 0 saturated heterocycles. The van der Waals surface area contributed by atoms with Gasteiger partial charge < -0.3 is 14.8 Å². The summed E-state index contributed by atoms with van der Waals surface area (Å²) in [5, 5.41) is 3.15. The Bertz CT molecular complexity index is 893. The van der Waals surface area contributed by atoms with Gasteiger partial charge in [-0.05, 0) is 42.7 Å². The molecule has 0 atom stereocenters. The van der Waals surface area contributed by atoms with Crippen LogP contribution < -0.4 is 10.1 Å². The van der Waals surface area contributed by atoms with Crippen molar-refractivity contribution in [3.63, 3.8) is 0 Å². The second-order valence-corrected chi connectivity index (χ2v) is 7.21. The molecule has 0 aromatic heterocycles. The zero-order valence-corrected chi connectivity index (χ0v) is 16.5. The molecule has 3 rings (SSSR count). The molecular formula is C21H20F3NO3S. The molecule has 2 aromatic carbocycles. The van der Waals surface area contributed by atoms with Crippen LogP contribution in [-0.4, -0.2) is 18.1 Å². The van der Waals surface area contributed by atoms with E-state index in [4.69, 9.17) is 21.7 Å². The predicted molar refractivity (Wildman–Crippen MR) is 107 cm³/mol. The Morgan fingerprint density at radius 2 is 1.86 bits per heavy atom. The number of benzene rings is 2. The number of thiocarbonyl (C=S) groups is 1. The number of hydrogen-bond acceptors (Lipinski definition) is 4. The van der Waals surface area contributed by atoms with Crippen molar-refractivity contribution in [2.24, 2.45) is 5.92 Å². The lowest BCUT2D eigenvalue weighted by molar-refractivity contribution is -0.137. The van der Waals surface area contributed by atoms with Crippen LogP contribution in [0.15, 0.2) is 42.5 Å². The minimum absolute atomic E-state index is 0.0168. The number of para-hydroxylation sites is 1. The first kappa shape index (κ1) is 21.1. The average molecular weight is 423 g/mol. The molecule has 0 unspecified atom stereocenters. The van der Waals surface area contributed by atoms with Crippen LogP contribution in [0.3, 0.4) is 0 Å². The van der Waals surface area contributed by atoms with Crippen LogP contribution >= 0.6 is 12.2 Å². The fourth-order valence-corrected chi connectivity index (χ4v) is 3.26. The number of methoxy groups -OCH3 is 1. The van der Waals surface area contributed by atoms with E-state index < -0.39 is 17.7 Å². The predicted octanol–water partition coefficient (Wildman–Crippen LogP) is 5.61. The molecule has 4 nitrogen and oxygen atoms in total. The van der Waals surface area contributed by atoms with Crippen molar-refractivity contribution in [1.29, 1.82) is 0 Å². The van der Waals surface area contributed by atoms with E-state index in [0.717, 1.165) is 31.4 Å². The number of anilines is 1. The van der Waals surface area contributed by atoms with E-state index in [1.807, 2.05) is 0 Å². The zero-order chi connectivity index (χ0) is 21.0. The third-order valence-corrected chi connectivity index (χ3v) is 5.25. The third kappa shape index (κ3) is 5.06. The highest BCUT2D eigenvalue weighted by molar-refractivity contribution is 7.80. The molecule has 0 heterocycles. The Hall–Kier alpha value is -2.61. The summed E-state index contributed by atoms with van der Waals surface area (Å²) in [5.41, 5.74) is 0.534. The van der Waals surface area contributed by atoms with Gasteiger partial charge in [-0.1, -0.05) is 36.8 Å². The summed E-state index contributed by atoms with van der Waals surface area (Å²) < 4.78 is 48.8. The molecule has 0 bridgehead atoms. The molecular weight excluding hydrogens is 403 g/mol. The summed E-state index contributed by atoms with van der Waals surface area (Å²) in [6, 6.07) is 9.66.